The normalized spacial score (nSPS) is 10.7. The minimum atomic E-state index is -0.563. The summed E-state index contributed by atoms with van der Waals surface area (Å²) < 4.78 is 5.27. The fourth-order valence-electron chi connectivity index (χ4n) is 2.26. The summed E-state index contributed by atoms with van der Waals surface area (Å²) in [5, 5.41) is 1.57. The second-order valence-corrected chi connectivity index (χ2v) is 5.67. The fourth-order valence-corrected chi connectivity index (χ4v) is 2.66. The first-order valence-electron chi connectivity index (χ1n) is 6.89. The van der Waals surface area contributed by atoms with Crippen LogP contribution < -0.4 is 0 Å². The molecule has 0 atom stereocenters. The number of fused-ring (bicyclic) bond motifs is 1. The zero-order chi connectivity index (χ0) is 16.4. The number of esters is 1. The Hall–Kier alpha value is -2.17. The molecule has 0 saturated heterocycles. The quantitative estimate of drug-likeness (QED) is 0.513. The first-order valence-corrected chi connectivity index (χ1v) is 7.65. The maximum absolute atomic E-state index is 12.1. The number of hydrogen-bond acceptors (Lipinski definition) is 4. The van der Waals surface area contributed by atoms with Crippen molar-refractivity contribution in [3.8, 4) is 0 Å². The monoisotopic (exact) mass is 346 g/mol. The average Bonchev–Trinajstić information content (AvgIpc) is 2.57. The van der Waals surface area contributed by atoms with Crippen molar-refractivity contribution in [3.05, 3.63) is 69.6 Å². The maximum atomic E-state index is 12.1. The van der Waals surface area contributed by atoms with Crippen molar-refractivity contribution < 1.29 is 9.53 Å². The molecule has 23 heavy (non-hydrogen) atoms. The highest BCUT2D eigenvalue weighted by atomic mass is 35.5. The van der Waals surface area contributed by atoms with Crippen LogP contribution in [-0.4, -0.2) is 15.9 Å². The van der Waals surface area contributed by atoms with Crippen molar-refractivity contribution in [3.63, 3.8) is 0 Å². The highest BCUT2D eigenvalue weighted by Gasteiger charge is 2.15. The molecule has 0 spiro atoms. The second-order valence-electron chi connectivity index (χ2n) is 4.93. The molecule has 3 aromatic rings. The topological polar surface area (TPSA) is 52.1 Å². The summed E-state index contributed by atoms with van der Waals surface area (Å²) in [5.41, 5.74) is 2.43. The molecule has 0 fully saturated rings. The van der Waals surface area contributed by atoms with E-state index in [0.29, 0.717) is 10.7 Å². The molecule has 0 unspecified atom stereocenters. The van der Waals surface area contributed by atoms with E-state index in [4.69, 9.17) is 27.9 Å². The van der Waals surface area contributed by atoms with Crippen molar-refractivity contribution in [2.24, 2.45) is 0 Å². The minimum Gasteiger partial charge on any atom is -0.455 e. The number of carbonyl (C=O) groups excluding carboxylic acids is 1. The summed E-state index contributed by atoms with van der Waals surface area (Å²) >= 11 is 12.2. The first-order chi connectivity index (χ1) is 11.1. The van der Waals surface area contributed by atoms with Gasteiger partial charge >= 0.3 is 5.97 Å². The number of aromatic nitrogens is 2. The van der Waals surface area contributed by atoms with Crippen molar-refractivity contribution in [1.82, 2.24) is 9.97 Å². The van der Waals surface area contributed by atoms with Gasteiger partial charge in [-0.25, -0.2) is 14.8 Å². The van der Waals surface area contributed by atoms with Gasteiger partial charge in [0.25, 0.3) is 0 Å². The Morgan fingerprint density at radius 2 is 1.96 bits per heavy atom. The van der Waals surface area contributed by atoms with E-state index in [0.717, 1.165) is 16.5 Å². The number of ether oxygens (including phenoxy) is 1. The Labute approximate surface area is 143 Å². The van der Waals surface area contributed by atoms with Crippen LogP contribution in [0.5, 0.6) is 0 Å². The van der Waals surface area contributed by atoms with Gasteiger partial charge in [0.15, 0.2) is 0 Å². The van der Waals surface area contributed by atoms with Crippen LogP contribution in [0.2, 0.25) is 10.2 Å². The molecule has 1 aromatic carbocycles. The van der Waals surface area contributed by atoms with E-state index >= 15 is 0 Å². The van der Waals surface area contributed by atoms with Gasteiger partial charge < -0.3 is 4.74 Å². The second kappa shape index (κ2) is 6.52. The minimum absolute atomic E-state index is 0.0332. The molecular formula is C17H12Cl2N2O2. The molecular weight excluding hydrogens is 335 g/mol. The molecule has 0 aliphatic heterocycles. The van der Waals surface area contributed by atoms with E-state index in [9.17, 15) is 4.79 Å². The Balaban J connectivity index is 1.86. The predicted octanol–water partition coefficient (Wildman–Crippen LogP) is 4.60. The lowest BCUT2D eigenvalue weighted by Crippen LogP contribution is -2.08. The van der Waals surface area contributed by atoms with E-state index in [1.165, 1.54) is 6.20 Å². The summed E-state index contributed by atoms with van der Waals surface area (Å²) in [5.74, 6) is -0.563. The summed E-state index contributed by atoms with van der Waals surface area (Å²) in [7, 11) is 0. The van der Waals surface area contributed by atoms with Gasteiger partial charge in [-0.05, 0) is 30.7 Å². The van der Waals surface area contributed by atoms with Gasteiger partial charge in [-0.3, -0.25) is 0 Å². The van der Waals surface area contributed by atoms with Gasteiger partial charge in [0.05, 0.1) is 21.8 Å². The lowest BCUT2D eigenvalue weighted by atomic mass is 10.1. The summed E-state index contributed by atoms with van der Waals surface area (Å²) in [6, 6.07) is 10.8. The third-order valence-corrected chi connectivity index (χ3v) is 4.27. The molecule has 3 rings (SSSR count). The summed E-state index contributed by atoms with van der Waals surface area (Å²) in [6.45, 7) is 1.88. The number of pyridine rings is 2. The number of benzene rings is 1. The van der Waals surface area contributed by atoms with E-state index in [-0.39, 0.29) is 17.3 Å². The van der Waals surface area contributed by atoms with Gasteiger partial charge in [0, 0.05) is 11.6 Å². The number of carbonyl (C=O) groups is 1. The highest BCUT2D eigenvalue weighted by molar-refractivity contribution is 6.33. The molecule has 0 aliphatic carbocycles. The first kappa shape index (κ1) is 15.7. The number of hydrogen-bond donors (Lipinski definition) is 0. The van der Waals surface area contributed by atoms with Crippen LogP contribution in [0, 0.1) is 6.92 Å². The van der Waals surface area contributed by atoms with Crippen LogP contribution in [0.4, 0.5) is 0 Å². The predicted molar refractivity (Wildman–Crippen MR) is 89.9 cm³/mol. The number of rotatable bonds is 3. The molecule has 6 heteroatoms. The number of para-hydroxylation sites is 1. The number of nitrogens with zero attached hydrogens (tertiary/aromatic N) is 2. The Morgan fingerprint density at radius 3 is 2.74 bits per heavy atom. The van der Waals surface area contributed by atoms with Gasteiger partial charge in [-0.2, -0.15) is 0 Å². The Bertz CT molecular complexity index is 897. The lowest BCUT2D eigenvalue weighted by molar-refractivity contribution is 0.0468. The standard InChI is InChI=1S/C17H12Cl2N2O2/c1-10-11-5-2-3-7-13(11)21-14(15(10)18)9-23-17(22)12-6-4-8-20-16(12)19/h2-8H,9H2,1H3. The molecule has 0 amide bonds. The number of halogens is 2. The zero-order valence-corrected chi connectivity index (χ0v) is 13.7. The molecule has 0 radical (unpaired) electrons. The third kappa shape index (κ3) is 3.14. The van der Waals surface area contributed by atoms with Gasteiger partial charge in [-0.15, -0.1) is 0 Å². The van der Waals surface area contributed by atoms with E-state index in [2.05, 4.69) is 9.97 Å². The molecule has 4 nitrogen and oxygen atoms in total. The lowest BCUT2D eigenvalue weighted by Gasteiger charge is -2.11. The molecule has 116 valence electrons. The van der Waals surface area contributed by atoms with Crippen molar-refractivity contribution in [1.29, 1.82) is 0 Å². The Morgan fingerprint density at radius 1 is 1.17 bits per heavy atom. The molecule has 0 N–H and O–H groups in total. The van der Waals surface area contributed by atoms with Crippen molar-refractivity contribution in [2.75, 3.05) is 0 Å². The maximum Gasteiger partial charge on any atom is 0.341 e. The van der Waals surface area contributed by atoms with Gasteiger partial charge in [0.1, 0.15) is 11.8 Å². The van der Waals surface area contributed by atoms with Crippen LogP contribution in [0.15, 0.2) is 42.6 Å². The van der Waals surface area contributed by atoms with Crippen molar-refractivity contribution in [2.45, 2.75) is 13.5 Å². The average molecular weight is 347 g/mol. The highest BCUT2D eigenvalue weighted by Crippen LogP contribution is 2.27. The van der Waals surface area contributed by atoms with Crippen LogP contribution in [0.25, 0.3) is 10.9 Å². The van der Waals surface area contributed by atoms with E-state index in [1.54, 1.807) is 12.1 Å². The van der Waals surface area contributed by atoms with Crippen molar-refractivity contribution >= 4 is 40.1 Å². The largest absolute Gasteiger partial charge is 0.455 e. The smallest absolute Gasteiger partial charge is 0.341 e. The van der Waals surface area contributed by atoms with Crippen LogP contribution in [-0.2, 0) is 11.3 Å². The van der Waals surface area contributed by atoms with Gasteiger partial charge in [-0.1, -0.05) is 41.4 Å². The summed E-state index contributed by atoms with van der Waals surface area (Å²) in [4.78, 5) is 20.4. The fraction of sp³-hybridized carbons (Fsp3) is 0.118. The third-order valence-electron chi connectivity index (χ3n) is 3.47. The molecule has 0 bridgehead atoms. The number of aryl methyl sites for hydroxylation is 1. The molecule has 2 aromatic heterocycles. The Kier molecular flexibility index (Phi) is 4.46. The zero-order valence-electron chi connectivity index (χ0n) is 12.2. The van der Waals surface area contributed by atoms with E-state index in [1.807, 2.05) is 31.2 Å². The van der Waals surface area contributed by atoms with Crippen LogP contribution in [0.1, 0.15) is 21.6 Å². The van der Waals surface area contributed by atoms with E-state index < -0.39 is 5.97 Å². The summed E-state index contributed by atoms with van der Waals surface area (Å²) in [6.07, 6.45) is 1.50. The van der Waals surface area contributed by atoms with Crippen LogP contribution in [0.3, 0.4) is 0 Å². The molecule has 2 heterocycles. The SMILES string of the molecule is Cc1c(Cl)c(COC(=O)c2cccnc2Cl)nc2ccccc12. The molecule has 0 aliphatic rings. The molecule has 0 saturated carbocycles. The van der Waals surface area contributed by atoms with Crippen LogP contribution >= 0.6 is 23.2 Å². The van der Waals surface area contributed by atoms with Gasteiger partial charge in [0.2, 0.25) is 0 Å².